The summed E-state index contributed by atoms with van der Waals surface area (Å²) in [5.74, 6) is -0.592. The molecule has 0 aromatic heterocycles. The Balaban J connectivity index is 2.16. The van der Waals surface area contributed by atoms with Gasteiger partial charge < -0.3 is 14.7 Å². The average molecular weight is 450 g/mol. The lowest BCUT2D eigenvalue weighted by atomic mass is 9.84. The molecule has 2 aromatic rings. The minimum Gasteiger partial charge on any atom is -0.507 e. The average Bonchev–Trinajstić information content (AvgIpc) is 3.02. The van der Waals surface area contributed by atoms with Gasteiger partial charge in [-0.05, 0) is 60.1 Å². The van der Waals surface area contributed by atoms with E-state index in [1.54, 1.807) is 4.90 Å². The zero-order valence-corrected chi connectivity index (χ0v) is 20.6. The highest BCUT2D eigenvalue weighted by atomic mass is 16.5. The molecule has 0 saturated carbocycles. The van der Waals surface area contributed by atoms with E-state index >= 15 is 0 Å². The smallest absolute Gasteiger partial charge is 0.295 e. The third-order valence-corrected chi connectivity index (χ3v) is 6.03. The number of hydrogen-bond donors (Lipinski definition) is 1. The number of aliphatic hydroxyl groups is 1. The van der Waals surface area contributed by atoms with Crippen LogP contribution in [0.25, 0.3) is 5.76 Å². The van der Waals surface area contributed by atoms with Gasteiger partial charge in [-0.25, -0.2) is 0 Å². The predicted octanol–water partition coefficient (Wildman–Crippen LogP) is 5.91. The topological polar surface area (TPSA) is 66.8 Å². The van der Waals surface area contributed by atoms with Crippen LogP contribution in [0.2, 0.25) is 0 Å². The van der Waals surface area contributed by atoms with Crippen LogP contribution in [-0.4, -0.2) is 34.8 Å². The van der Waals surface area contributed by atoms with Gasteiger partial charge >= 0.3 is 0 Å². The summed E-state index contributed by atoms with van der Waals surface area (Å²) in [4.78, 5) is 27.7. The number of ether oxygens (including phenoxy) is 1. The van der Waals surface area contributed by atoms with Crippen molar-refractivity contribution in [2.24, 2.45) is 0 Å². The van der Waals surface area contributed by atoms with Crippen LogP contribution in [0.3, 0.4) is 0 Å². The lowest BCUT2D eigenvalue weighted by Crippen LogP contribution is -2.30. The monoisotopic (exact) mass is 449 g/mol. The van der Waals surface area contributed by atoms with Gasteiger partial charge in [-0.1, -0.05) is 58.9 Å². The summed E-state index contributed by atoms with van der Waals surface area (Å²) >= 11 is 0. The first kappa shape index (κ1) is 24.6. The number of ketones is 1. The maximum absolute atomic E-state index is 13.2. The molecule has 1 aliphatic heterocycles. The minimum atomic E-state index is -0.641. The largest absolute Gasteiger partial charge is 0.507 e. The molecule has 1 saturated heterocycles. The minimum absolute atomic E-state index is 0.119. The quantitative estimate of drug-likeness (QED) is 0.324. The highest BCUT2D eigenvalue weighted by molar-refractivity contribution is 6.46. The summed E-state index contributed by atoms with van der Waals surface area (Å²) in [6.45, 7) is 13.3. The molecular weight excluding hydrogens is 414 g/mol. The van der Waals surface area contributed by atoms with Crippen LogP contribution < -0.4 is 4.74 Å². The lowest BCUT2D eigenvalue weighted by molar-refractivity contribution is -0.139. The van der Waals surface area contributed by atoms with E-state index in [4.69, 9.17) is 4.74 Å². The van der Waals surface area contributed by atoms with Crippen molar-refractivity contribution >= 4 is 17.4 Å². The van der Waals surface area contributed by atoms with Crippen LogP contribution in [-0.2, 0) is 15.0 Å². The fraction of sp³-hybridized carbons (Fsp3) is 0.429. The molecule has 1 heterocycles. The van der Waals surface area contributed by atoms with Gasteiger partial charge in [0.1, 0.15) is 11.5 Å². The van der Waals surface area contributed by atoms with Gasteiger partial charge in [-0.15, -0.1) is 0 Å². The Hall–Kier alpha value is -3.08. The number of carbonyl (C=O) groups is 2. The van der Waals surface area contributed by atoms with Gasteiger partial charge in [-0.3, -0.25) is 9.59 Å². The molecule has 176 valence electrons. The van der Waals surface area contributed by atoms with Crippen LogP contribution in [0, 0.1) is 6.92 Å². The Morgan fingerprint density at radius 3 is 2.27 bits per heavy atom. The van der Waals surface area contributed by atoms with E-state index in [-0.39, 0.29) is 16.7 Å². The Morgan fingerprint density at radius 2 is 1.70 bits per heavy atom. The van der Waals surface area contributed by atoms with Crippen LogP contribution in [0.5, 0.6) is 5.75 Å². The maximum atomic E-state index is 13.2. The lowest BCUT2D eigenvalue weighted by Gasteiger charge is -2.25. The molecule has 33 heavy (non-hydrogen) atoms. The molecule has 0 bridgehead atoms. The number of rotatable bonds is 7. The standard InChI is InChI=1S/C28H35NO4/c1-7-15-29-24(19-10-13-21(14-11-19)33-16-8-2)23(26(31)27(29)32)25(30)22-17-20(28(4,5)6)12-9-18(22)3/h9-14,17,24,30H,7-8,15-16H2,1-6H3/b25-23+. The normalized spacial score (nSPS) is 18.1. The van der Waals surface area contributed by atoms with Crippen LogP contribution in [0.1, 0.15) is 75.8 Å². The molecule has 0 spiro atoms. The SMILES string of the molecule is CCCOc1ccc(C2/C(=C(\O)c3cc(C(C)(C)C)ccc3C)C(=O)C(=O)N2CCC)cc1. The van der Waals surface area contributed by atoms with Crippen LogP contribution >= 0.6 is 0 Å². The molecule has 1 N–H and O–H groups in total. The van der Waals surface area contributed by atoms with Crippen molar-refractivity contribution in [1.82, 2.24) is 4.90 Å². The van der Waals surface area contributed by atoms with Crippen molar-refractivity contribution in [3.8, 4) is 5.75 Å². The van der Waals surface area contributed by atoms with E-state index in [9.17, 15) is 14.7 Å². The van der Waals surface area contributed by atoms with Crippen molar-refractivity contribution in [1.29, 1.82) is 0 Å². The first-order chi connectivity index (χ1) is 15.6. The summed E-state index contributed by atoms with van der Waals surface area (Å²) in [6.07, 6.45) is 1.62. The van der Waals surface area contributed by atoms with E-state index in [1.165, 1.54) is 0 Å². The molecule has 5 heteroatoms. The summed E-state index contributed by atoms with van der Waals surface area (Å²) in [6, 6.07) is 12.7. The number of hydrogen-bond acceptors (Lipinski definition) is 4. The number of benzene rings is 2. The number of carbonyl (C=O) groups excluding carboxylic acids is 2. The van der Waals surface area contributed by atoms with Gasteiger partial charge in [-0.2, -0.15) is 0 Å². The predicted molar refractivity (Wildman–Crippen MR) is 131 cm³/mol. The molecule has 5 nitrogen and oxygen atoms in total. The molecule has 0 radical (unpaired) electrons. The summed E-state index contributed by atoms with van der Waals surface area (Å²) < 4.78 is 5.68. The third-order valence-electron chi connectivity index (χ3n) is 6.03. The third kappa shape index (κ3) is 4.97. The molecule has 1 aliphatic rings. The highest BCUT2D eigenvalue weighted by Gasteiger charge is 2.45. The molecule has 1 atom stereocenters. The van der Waals surface area contributed by atoms with Gasteiger partial charge in [0, 0.05) is 12.1 Å². The molecule has 3 rings (SSSR count). The fourth-order valence-corrected chi connectivity index (χ4v) is 4.15. The summed E-state index contributed by atoms with van der Waals surface area (Å²) in [5, 5.41) is 11.4. The van der Waals surface area contributed by atoms with Crippen molar-refractivity contribution in [2.75, 3.05) is 13.2 Å². The Labute approximate surface area is 197 Å². The number of aliphatic hydroxyl groups excluding tert-OH is 1. The van der Waals surface area contributed by atoms with Crippen LogP contribution in [0.4, 0.5) is 0 Å². The first-order valence-corrected chi connectivity index (χ1v) is 11.7. The second kappa shape index (κ2) is 9.82. The highest BCUT2D eigenvalue weighted by Crippen LogP contribution is 2.41. The molecule has 1 unspecified atom stereocenters. The number of nitrogens with zero attached hydrogens (tertiary/aromatic N) is 1. The van der Waals surface area contributed by atoms with Gasteiger partial charge in [0.25, 0.3) is 11.7 Å². The Bertz CT molecular complexity index is 1060. The van der Waals surface area contributed by atoms with E-state index in [2.05, 4.69) is 20.8 Å². The van der Waals surface area contributed by atoms with Crippen LogP contribution in [0.15, 0.2) is 48.0 Å². The van der Waals surface area contributed by atoms with E-state index < -0.39 is 17.7 Å². The zero-order chi connectivity index (χ0) is 24.3. The van der Waals surface area contributed by atoms with E-state index in [1.807, 2.05) is 63.2 Å². The molecule has 1 amide bonds. The van der Waals surface area contributed by atoms with Crippen molar-refractivity contribution in [3.05, 3.63) is 70.3 Å². The molecule has 2 aromatic carbocycles. The Morgan fingerprint density at radius 1 is 1.03 bits per heavy atom. The number of Topliss-reactive ketones (excluding diaryl/α,β-unsaturated/α-hetero) is 1. The molecule has 1 fully saturated rings. The van der Waals surface area contributed by atoms with Crippen molar-refractivity contribution < 1.29 is 19.4 Å². The number of amides is 1. The maximum Gasteiger partial charge on any atom is 0.295 e. The van der Waals surface area contributed by atoms with Gasteiger partial charge in [0.05, 0.1) is 18.2 Å². The van der Waals surface area contributed by atoms with Gasteiger partial charge in [0.2, 0.25) is 0 Å². The van der Waals surface area contributed by atoms with Crippen molar-refractivity contribution in [3.63, 3.8) is 0 Å². The number of aryl methyl sites for hydroxylation is 1. The second-order valence-corrected chi connectivity index (χ2v) is 9.69. The van der Waals surface area contributed by atoms with E-state index in [0.29, 0.717) is 25.1 Å². The zero-order valence-electron chi connectivity index (χ0n) is 20.6. The van der Waals surface area contributed by atoms with Gasteiger partial charge in [0.15, 0.2) is 0 Å². The number of likely N-dealkylation sites (tertiary alicyclic amines) is 1. The van der Waals surface area contributed by atoms with Crippen molar-refractivity contribution in [2.45, 2.75) is 65.8 Å². The first-order valence-electron chi connectivity index (χ1n) is 11.7. The molecular formula is C28H35NO4. The summed E-state index contributed by atoms with van der Waals surface area (Å²) in [5.41, 5.74) is 3.29. The molecule has 0 aliphatic carbocycles. The second-order valence-electron chi connectivity index (χ2n) is 9.69. The summed E-state index contributed by atoms with van der Waals surface area (Å²) in [7, 11) is 0. The fourth-order valence-electron chi connectivity index (χ4n) is 4.15. The Kier molecular flexibility index (Phi) is 7.31. The van der Waals surface area contributed by atoms with E-state index in [0.717, 1.165) is 28.9 Å².